The van der Waals surface area contributed by atoms with Gasteiger partial charge in [0.15, 0.2) is 0 Å². The van der Waals surface area contributed by atoms with Crippen LogP contribution in [0.15, 0.2) is 55.1 Å². The number of ether oxygens (including phenoxy) is 1. The highest BCUT2D eigenvalue weighted by molar-refractivity contribution is 5.97. The van der Waals surface area contributed by atoms with Crippen molar-refractivity contribution in [3.63, 3.8) is 0 Å². The highest BCUT2D eigenvalue weighted by Crippen LogP contribution is 2.49. The predicted molar refractivity (Wildman–Crippen MR) is 118 cm³/mol. The van der Waals surface area contributed by atoms with Crippen molar-refractivity contribution in [3.8, 4) is 17.6 Å². The number of halogens is 2. The van der Waals surface area contributed by atoms with Crippen molar-refractivity contribution >= 4 is 16.9 Å². The van der Waals surface area contributed by atoms with Gasteiger partial charge in [-0.15, -0.1) is 0 Å². The molecule has 0 radical (unpaired) electrons. The first-order valence-corrected chi connectivity index (χ1v) is 10.6. The number of amides is 1. The SMILES string of the molecule is CN1C(=O)c2cccc(OC(F)F)c2[C@H]2C[C@@H]1c1nc3ccc(C#Cc4cncnc4)cc3n12. The third kappa shape index (κ3) is 3.10. The maximum Gasteiger partial charge on any atom is 0.387 e. The van der Waals surface area contributed by atoms with Crippen LogP contribution in [-0.4, -0.2) is 44.0 Å². The molecule has 0 unspecified atom stereocenters. The van der Waals surface area contributed by atoms with E-state index in [9.17, 15) is 13.6 Å². The van der Waals surface area contributed by atoms with E-state index in [-0.39, 0.29) is 23.7 Å². The lowest BCUT2D eigenvalue weighted by Crippen LogP contribution is -2.30. The first kappa shape index (κ1) is 20.3. The monoisotopic (exact) mass is 457 g/mol. The van der Waals surface area contributed by atoms with Crippen LogP contribution in [0, 0.1) is 11.8 Å². The molecule has 0 saturated carbocycles. The molecule has 2 aromatic carbocycles. The number of imidazole rings is 1. The van der Waals surface area contributed by atoms with E-state index in [0.29, 0.717) is 23.1 Å². The summed E-state index contributed by atoms with van der Waals surface area (Å²) in [6.07, 6.45) is 5.24. The van der Waals surface area contributed by atoms with Gasteiger partial charge in [-0.3, -0.25) is 4.79 Å². The summed E-state index contributed by atoms with van der Waals surface area (Å²) in [5.41, 5.74) is 3.84. The van der Waals surface area contributed by atoms with Crippen molar-refractivity contribution in [2.75, 3.05) is 7.05 Å². The van der Waals surface area contributed by atoms with Crippen molar-refractivity contribution in [1.29, 1.82) is 0 Å². The summed E-state index contributed by atoms with van der Waals surface area (Å²) in [5, 5.41) is 0. The lowest BCUT2D eigenvalue weighted by molar-refractivity contribution is -0.0507. The summed E-state index contributed by atoms with van der Waals surface area (Å²) in [7, 11) is 1.72. The number of benzene rings is 2. The Bertz CT molecular complexity index is 1510. The summed E-state index contributed by atoms with van der Waals surface area (Å²) >= 11 is 0. The van der Waals surface area contributed by atoms with Crippen LogP contribution in [-0.2, 0) is 0 Å². The van der Waals surface area contributed by atoms with E-state index in [1.165, 1.54) is 12.4 Å². The van der Waals surface area contributed by atoms with E-state index >= 15 is 0 Å². The minimum Gasteiger partial charge on any atom is -0.434 e. The highest BCUT2D eigenvalue weighted by Gasteiger charge is 2.44. The van der Waals surface area contributed by atoms with Crippen LogP contribution in [0.3, 0.4) is 0 Å². The lowest BCUT2D eigenvalue weighted by Gasteiger charge is -2.24. The van der Waals surface area contributed by atoms with Gasteiger partial charge in [0.1, 0.15) is 17.9 Å². The molecule has 168 valence electrons. The third-order valence-electron chi connectivity index (χ3n) is 6.32. The predicted octanol–water partition coefficient (Wildman–Crippen LogP) is 3.95. The number of nitrogens with zero attached hydrogens (tertiary/aromatic N) is 5. The highest BCUT2D eigenvalue weighted by atomic mass is 19.3. The van der Waals surface area contributed by atoms with Crippen molar-refractivity contribution in [1.82, 2.24) is 24.4 Å². The van der Waals surface area contributed by atoms with Crippen LogP contribution in [0.1, 0.15) is 51.4 Å². The molecule has 0 saturated heterocycles. The topological polar surface area (TPSA) is 73.1 Å². The number of aromatic nitrogens is 4. The Morgan fingerprint density at radius 3 is 2.68 bits per heavy atom. The fourth-order valence-corrected chi connectivity index (χ4v) is 4.87. The molecular weight excluding hydrogens is 440 g/mol. The molecule has 2 aromatic heterocycles. The Hall–Kier alpha value is -4.32. The quantitative estimate of drug-likeness (QED) is 0.426. The lowest BCUT2D eigenvalue weighted by atomic mass is 9.97. The van der Waals surface area contributed by atoms with Gasteiger partial charge in [-0.05, 0) is 30.3 Å². The second kappa shape index (κ2) is 7.63. The van der Waals surface area contributed by atoms with E-state index in [0.717, 1.165) is 22.4 Å². The largest absolute Gasteiger partial charge is 0.434 e. The van der Waals surface area contributed by atoms with Gasteiger partial charge in [-0.25, -0.2) is 15.0 Å². The van der Waals surface area contributed by atoms with Gasteiger partial charge in [0.25, 0.3) is 5.91 Å². The summed E-state index contributed by atoms with van der Waals surface area (Å²) in [4.78, 5) is 27.5. The normalized spacial score (nSPS) is 18.4. The first-order chi connectivity index (χ1) is 16.5. The number of hydrogen-bond donors (Lipinski definition) is 0. The number of rotatable bonds is 2. The average molecular weight is 457 g/mol. The van der Waals surface area contributed by atoms with Crippen molar-refractivity contribution in [2.45, 2.75) is 25.1 Å². The Kier molecular flexibility index (Phi) is 4.55. The molecule has 2 aliphatic heterocycles. The second-order valence-corrected chi connectivity index (χ2v) is 8.20. The molecule has 34 heavy (non-hydrogen) atoms. The zero-order valence-corrected chi connectivity index (χ0v) is 17.9. The third-order valence-corrected chi connectivity index (χ3v) is 6.32. The molecule has 0 spiro atoms. The van der Waals surface area contributed by atoms with E-state index in [2.05, 4.69) is 21.8 Å². The Balaban J connectivity index is 1.53. The molecule has 2 aliphatic rings. The number of alkyl halides is 2. The molecule has 0 N–H and O–H groups in total. The van der Waals surface area contributed by atoms with Crippen LogP contribution in [0.4, 0.5) is 8.78 Å². The van der Waals surface area contributed by atoms with Crippen LogP contribution >= 0.6 is 0 Å². The number of fused-ring (bicyclic) bond motifs is 9. The summed E-state index contributed by atoms with van der Waals surface area (Å²) in [6.45, 7) is -3.00. The van der Waals surface area contributed by atoms with E-state index in [1.54, 1.807) is 36.5 Å². The van der Waals surface area contributed by atoms with Crippen LogP contribution in [0.5, 0.6) is 5.75 Å². The minimum absolute atomic E-state index is 0.00891. The van der Waals surface area contributed by atoms with Crippen LogP contribution in [0.25, 0.3) is 11.0 Å². The van der Waals surface area contributed by atoms with Gasteiger partial charge in [0, 0.05) is 42.6 Å². The van der Waals surface area contributed by atoms with Crippen LogP contribution < -0.4 is 4.74 Å². The van der Waals surface area contributed by atoms with E-state index in [4.69, 9.17) is 9.72 Å². The molecule has 0 aliphatic carbocycles. The Morgan fingerprint density at radius 1 is 1.09 bits per heavy atom. The van der Waals surface area contributed by atoms with E-state index < -0.39 is 6.61 Å². The number of carbonyl (C=O) groups is 1. The van der Waals surface area contributed by atoms with Crippen molar-refractivity contribution < 1.29 is 18.3 Å². The van der Waals surface area contributed by atoms with Gasteiger partial charge in [0.2, 0.25) is 0 Å². The molecule has 7 nitrogen and oxygen atoms in total. The molecular formula is C25H17F2N5O2. The molecule has 4 heterocycles. The van der Waals surface area contributed by atoms with Gasteiger partial charge in [0.05, 0.1) is 28.7 Å². The molecule has 1 amide bonds. The Morgan fingerprint density at radius 2 is 1.88 bits per heavy atom. The van der Waals surface area contributed by atoms with E-state index in [1.807, 2.05) is 22.8 Å². The van der Waals surface area contributed by atoms with Gasteiger partial charge >= 0.3 is 6.61 Å². The molecule has 2 bridgehead atoms. The molecule has 0 fully saturated rings. The number of carbonyl (C=O) groups excluding carboxylic acids is 1. The van der Waals surface area contributed by atoms with Crippen LogP contribution in [0.2, 0.25) is 0 Å². The standard InChI is InChI=1S/C25H17F2N5O2/c1-31-20-10-19(22-16(24(31)33)3-2-4-21(22)34-25(26)27)32-18-9-14(7-8-17(18)30-23(20)32)5-6-15-11-28-13-29-12-15/h2-4,7-9,11-13,19-20,25H,10H2,1H3/t19-,20-/m1/s1. The van der Waals surface area contributed by atoms with Gasteiger partial charge in [-0.2, -0.15) is 8.78 Å². The van der Waals surface area contributed by atoms with Crippen molar-refractivity contribution in [3.05, 3.63) is 83.2 Å². The molecule has 2 atom stereocenters. The number of hydrogen-bond acceptors (Lipinski definition) is 5. The first-order valence-electron chi connectivity index (χ1n) is 10.6. The fourth-order valence-electron chi connectivity index (χ4n) is 4.87. The Labute approximate surface area is 193 Å². The maximum absolute atomic E-state index is 13.2. The maximum atomic E-state index is 13.2. The molecule has 9 heteroatoms. The zero-order valence-electron chi connectivity index (χ0n) is 17.9. The fraction of sp³-hybridized carbons (Fsp3) is 0.200. The van der Waals surface area contributed by atoms with Gasteiger partial charge in [-0.1, -0.05) is 17.9 Å². The second-order valence-electron chi connectivity index (χ2n) is 8.20. The van der Waals surface area contributed by atoms with Gasteiger partial charge < -0.3 is 14.2 Å². The summed E-state index contributed by atoms with van der Waals surface area (Å²) < 4.78 is 33.3. The van der Waals surface area contributed by atoms with Crippen molar-refractivity contribution in [2.24, 2.45) is 0 Å². The zero-order chi connectivity index (χ0) is 23.4. The molecule has 6 rings (SSSR count). The average Bonchev–Trinajstić information content (AvgIpc) is 3.36. The minimum atomic E-state index is -3.00. The molecule has 4 aromatic rings. The smallest absolute Gasteiger partial charge is 0.387 e. The summed E-state index contributed by atoms with van der Waals surface area (Å²) in [5.74, 6) is 6.65. The summed E-state index contributed by atoms with van der Waals surface area (Å²) in [6, 6.07) is 9.72.